The number of rotatable bonds is 6. The van der Waals surface area contributed by atoms with E-state index in [1.165, 1.54) is 0 Å². The number of nitrogens with one attached hydrogen (secondary N) is 1. The Hall–Kier alpha value is -2.86. The maximum atomic E-state index is 13.0. The summed E-state index contributed by atoms with van der Waals surface area (Å²) >= 11 is 0. The third-order valence-corrected chi connectivity index (χ3v) is 6.12. The molecule has 1 aliphatic heterocycles. The van der Waals surface area contributed by atoms with Crippen molar-refractivity contribution in [2.24, 2.45) is 5.92 Å². The molecule has 1 aromatic carbocycles. The van der Waals surface area contributed by atoms with Crippen molar-refractivity contribution >= 4 is 28.4 Å². The van der Waals surface area contributed by atoms with Gasteiger partial charge < -0.3 is 19.4 Å². The van der Waals surface area contributed by atoms with Crippen molar-refractivity contribution in [3.05, 3.63) is 53.9 Å². The van der Waals surface area contributed by atoms with E-state index in [1.54, 1.807) is 0 Å². The lowest BCUT2D eigenvalue weighted by Gasteiger charge is -2.21. The van der Waals surface area contributed by atoms with Crippen LogP contribution in [0.25, 0.3) is 10.9 Å². The van der Waals surface area contributed by atoms with Crippen LogP contribution in [-0.4, -0.2) is 34.3 Å². The van der Waals surface area contributed by atoms with E-state index in [2.05, 4.69) is 33.2 Å². The number of pyridine rings is 1. The maximum absolute atomic E-state index is 13.0. The molecule has 1 aliphatic carbocycles. The minimum atomic E-state index is -0.564. The first kappa shape index (κ1) is 21.0. The van der Waals surface area contributed by atoms with Gasteiger partial charge in [0.05, 0.1) is 12.1 Å². The van der Waals surface area contributed by atoms with Crippen molar-refractivity contribution in [2.75, 3.05) is 18.5 Å². The lowest BCUT2D eigenvalue weighted by Crippen LogP contribution is -2.24. The standard InChI is InChI=1S/C26H31N3O3/c1-26(2,3)32-25(30)21-13-19(18-7-8-18)14-27-24(21)28-22-5-4-6-23-20(22)9-11-29(23)15-17-10-12-31-16-17/h4-6,9,11,13-14,17-18H,7-8,10,12,15-16H2,1-3H3,(H,27,28). The first-order valence-electron chi connectivity index (χ1n) is 11.5. The maximum Gasteiger partial charge on any atom is 0.342 e. The molecule has 0 bridgehead atoms. The Morgan fingerprint density at radius 2 is 2.09 bits per heavy atom. The smallest absolute Gasteiger partial charge is 0.342 e. The van der Waals surface area contributed by atoms with Crippen LogP contribution < -0.4 is 5.32 Å². The van der Waals surface area contributed by atoms with E-state index in [4.69, 9.17) is 9.47 Å². The minimum Gasteiger partial charge on any atom is -0.456 e. The van der Waals surface area contributed by atoms with Crippen molar-refractivity contribution in [2.45, 2.75) is 58.1 Å². The average Bonchev–Trinajstić information content (AvgIpc) is 3.31. The quantitative estimate of drug-likeness (QED) is 0.509. The normalized spacial score (nSPS) is 18.8. The van der Waals surface area contributed by atoms with Crippen LogP contribution in [0.15, 0.2) is 42.7 Å². The first-order valence-corrected chi connectivity index (χ1v) is 11.5. The number of hydrogen-bond acceptors (Lipinski definition) is 5. The number of aromatic nitrogens is 2. The first-order chi connectivity index (χ1) is 15.4. The van der Waals surface area contributed by atoms with Crippen LogP contribution in [0.3, 0.4) is 0 Å². The van der Waals surface area contributed by atoms with Gasteiger partial charge in [0, 0.05) is 42.5 Å². The van der Waals surface area contributed by atoms with Crippen molar-refractivity contribution in [3.8, 4) is 0 Å². The van der Waals surface area contributed by atoms with Crippen LogP contribution in [-0.2, 0) is 16.0 Å². The third kappa shape index (κ3) is 4.51. The lowest BCUT2D eigenvalue weighted by molar-refractivity contribution is 0.00702. The molecule has 2 fully saturated rings. The summed E-state index contributed by atoms with van der Waals surface area (Å²) in [4.78, 5) is 17.7. The molecule has 3 aromatic rings. The van der Waals surface area contributed by atoms with Gasteiger partial charge in [0.15, 0.2) is 0 Å². The van der Waals surface area contributed by atoms with Crippen LogP contribution in [0.4, 0.5) is 11.5 Å². The molecule has 2 aliphatic rings. The van der Waals surface area contributed by atoms with Crippen LogP contribution in [0.1, 0.15) is 61.9 Å². The molecule has 0 spiro atoms. The molecule has 0 amide bonds. The Labute approximate surface area is 188 Å². The van der Waals surface area contributed by atoms with Gasteiger partial charge in [-0.3, -0.25) is 0 Å². The zero-order valence-electron chi connectivity index (χ0n) is 19.1. The molecule has 3 heterocycles. The van der Waals surface area contributed by atoms with Gasteiger partial charge in [-0.25, -0.2) is 9.78 Å². The molecule has 6 heteroatoms. The summed E-state index contributed by atoms with van der Waals surface area (Å²) in [7, 11) is 0. The molecule has 1 atom stereocenters. The minimum absolute atomic E-state index is 0.346. The Balaban J connectivity index is 1.46. The predicted molar refractivity (Wildman–Crippen MR) is 126 cm³/mol. The van der Waals surface area contributed by atoms with Gasteiger partial charge in [-0.1, -0.05) is 6.07 Å². The van der Waals surface area contributed by atoms with Gasteiger partial charge in [-0.2, -0.15) is 0 Å². The van der Waals surface area contributed by atoms with E-state index in [1.807, 2.05) is 45.2 Å². The highest BCUT2D eigenvalue weighted by molar-refractivity contribution is 5.99. The lowest BCUT2D eigenvalue weighted by atomic mass is 10.1. The second-order valence-electron chi connectivity index (χ2n) is 10.0. The molecule has 5 rings (SSSR count). The summed E-state index contributed by atoms with van der Waals surface area (Å²) in [5.74, 6) is 1.25. The highest BCUT2D eigenvalue weighted by Crippen LogP contribution is 2.41. The summed E-state index contributed by atoms with van der Waals surface area (Å²) in [6.07, 6.45) is 7.43. The number of anilines is 2. The van der Waals surface area contributed by atoms with E-state index in [9.17, 15) is 4.79 Å². The molecule has 6 nitrogen and oxygen atoms in total. The summed E-state index contributed by atoms with van der Waals surface area (Å²) in [5.41, 5.74) is 3.13. The van der Waals surface area contributed by atoms with Gasteiger partial charge >= 0.3 is 5.97 Å². The van der Waals surface area contributed by atoms with E-state index in [-0.39, 0.29) is 5.97 Å². The Bertz CT molecular complexity index is 1130. The highest BCUT2D eigenvalue weighted by Gasteiger charge is 2.28. The van der Waals surface area contributed by atoms with Crippen LogP contribution in [0, 0.1) is 5.92 Å². The monoisotopic (exact) mass is 433 g/mol. The largest absolute Gasteiger partial charge is 0.456 e. The number of benzene rings is 1. The molecule has 1 N–H and O–H groups in total. The van der Waals surface area contributed by atoms with Crippen molar-refractivity contribution in [1.29, 1.82) is 0 Å². The fourth-order valence-electron chi connectivity index (χ4n) is 4.33. The number of nitrogens with zero attached hydrogens (tertiary/aromatic N) is 2. The van der Waals surface area contributed by atoms with E-state index >= 15 is 0 Å². The highest BCUT2D eigenvalue weighted by atomic mass is 16.6. The van der Waals surface area contributed by atoms with Crippen LogP contribution in [0.2, 0.25) is 0 Å². The fraction of sp³-hybridized carbons (Fsp3) is 0.462. The zero-order chi connectivity index (χ0) is 22.3. The molecule has 1 saturated carbocycles. The van der Waals surface area contributed by atoms with Gasteiger partial charge in [0.1, 0.15) is 17.0 Å². The molecule has 32 heavy (non-hydrogen) atoms. The van der Waals surface area contributed by atoms with Gasteiger partial charge in [0.25, 0.3) is 0 Å². The van der Waals surface area contributed by atoms with Gasteiger partial charge in [-0.15, -0.1) is 0 Å². The number of carbonyl (C=O) groups is 1. The van der Waals surface area contributed by atoms with Crippen LogP contribution >= 0.6 is 0 Å². The Morgan fingerprint density at radius 3 is 2.81 bits per heavy atom. The second-order valence-corrected chi connectivity index (χ2v) is 10.0. The van der Waals surface area contributed by atoms with E-state index in [0.29, 0.717) is 23.2 Å². The second kappa shape index (κ2) is 8.24. The average molecular weight is 434 g/mol. The molecule has 168 valence electrons. The Kier molecular flexibility index (Phi) is 5.41. The van der Waals surface area contributed by atoms with Crippen molar-refractivity contribution in [1.82, 2.24) is 9.55 Å². The number of hydrogen-bond donors (Lipinski definition) is 1. The topological polar surface area (TPSA) is 65.4 Å². The van der Waals surface area contributed by atoms with Gasteiger partial charge in [0.2, 0.25) is 0 Å². The molecule has 0 radical (unpaired) electrons. The summed E-state index contributed by atoms with van der Waals surface area (Å²) in [5, 5.41) is 4.53. The van der Waals surface area contributed by atoms with E-state index < -0.39 is 5.60 Å². The molecule has 1 unspecified atom stereocenters. The molecular formula is C26H31N3O3. The fourth-order valence-corrected chi connectivity index (χ4v) is 4.33. The number of esters is 1. The molecule has 1 saturated heterocycles. The predicted octanol–water partition coefficient (Wildman–Crippen LogP) is 5.65. The zero-order valence-corrected chi connectivity index (χ0v) is 19.1. The summed E-state index contributed by atoms with van der Waals surface area (Å²) in [6.45, 7) is 8.28. The van der Waals surface area contributed by atoms with Crippen molar-refractivity contribution < 1.29 is 14.3 Å². The third-order valence-electron chi connectivity index (χ3n) is 6.12. The summed E-state index contributed by atoms with van der Waals surface area (Å²) < 4.78 is 13.5. The van der Waals surface area contributed by atoms with Crippen LogP contribution in [0.5, 0.6) is 0 Å². The number of ether oxygens (including phenoxy) is 2. The van der Waals surface area contributed by atoms with E-state index in [0.717, 1.165) is 61.2 Å². The number of fused-ring (bicyclic) bond motifs is 1. The molecular weight excluding hydrogens is 402 g/mol. The Morgan fingerprint density at radius 1 is 1.25 bits per heavy atom. The van der Waals surface area contributed by atoms with Crippen molar-refractivity contribution in [3.63, 3.8) is 0 Å². The molecule has 2 aromatic heterocycles. The summed E-state index contributed by atoms with van der Waals surface area (Å²) in [6, 6.07) is 10.3. The van der Waals surface area contributed by atoms with Gasteiger partial charge in [-0.05, 0) is 75.8 Å². The number of carbonyl (C=O) groups excluding carboxylic acids is 1. The SMILES string of the molecule is CC(C)(C)OC(=O)c1cc(C2CC2)cnc1Nc1cccc2c1ccn2CC1CCOC1.